The molecule has 2 rings (SSSR count). The molecule has 0 bridgehead atoms. The molecule has 1 N–H and O–H groups in total. The maximum Gasteiger partial charge on any atom is 0.197 e. The summed E-state index contributed by atoms with van der Waals surface area (Å²) >= 11 is 0. The highest BCUT2D eigenvalue weighted by Gasteiger charge is 2.16. The first-order valence-corrected chi connectivity index (χ1v) is 3.65. The van der Waals surface area contributed by atoms with E-state index in [2.05, 4.69) is 4.98 Å². The number of ether oxygens (including phenoxy) is 1. The molecule has 58 valence electrons. The van der Waals surface area contributed by atoms with Crippen molar-refractivity contribution >= 4 is 0 Å². The van der Waals surface area contributed by atoms with E-state index in [1.165, 1.54) is 0 Å². The van der Waals surface area contributed by atoms with Crippen LogP contribution in [0.15, 0.2) is 18.3 Å². The molecule has 3 heteroatoms. The standard InChI is InChI=1S/C8H9NO2/c10-8-4-3-6-7(11-8)2-1-5-9-6/h1-2,5,8,10H,3-4H2. The molecule has 1 aliphatic rings. The average Bonchev–Trinajstić information content (AvgIpc) is 2.04. The zero-order chi connectivity index (χ0) is 7.68. The van der Waals surface area contributed by atoms with Crippen molar-refractivity contribution in [3.05, 3.63) is 24.0 Å². The third-order valence-electron chi connectivity index (χ3n) is 1.74. The Bertz CT molecular complexity index is 262. The summed E-state index contributed by atoms with van der Waals surface area (Å²) in [6.45, 7) is 0. The minimum absolute atomic E-state index is 0.643. The highest BCUT2D eigenvalue weighted by atomic mass is 16.6. The topological polar surface area (TPSA) is 42.4 Å². The van der Waals surface area contributed by atoms with E-state index in [0.29, 0.717) is 12.2 Å². The number of aliphatic hydroxyl groups is 1. The van der Waals surface area contributed by atoms with Crippen LogP contribution in [0.25, 0.3) is 0 Å². The van der Waals surface area contributed by atoms with E-state index < -0.39 is 6.29 Å². The van der Waals surface area contributed by atoms with Gasteiger partial charge in [0.1, 0.15) is 5.75 Å². The van der Waals surface area contributed by atoms with Gasteiger partial charge in [-0.25, -0.2) is 0 Å². The zero-order valence-corrected chi connectivity index (χ0v) is 6.03. The van der Waals surface area contributed by atoms with E-state index in [-0.39, 0.29) is 0 Å². The van der Waals surface area contributed by atoms with E-state index in [1.54, 1.807) is 12.3 Å². The lowest BCUT2D eigenvalue weighted by atomic mass is 10.1. The second kappa shape index (κ2) is 2.51. The van der Waals surface area contributed by atoms with Crippen LogP contribution >= 0.6 is 0 Å². The number of aliphatic hydroxyl groups excluding tert-OH is 1. The molecule has 0 radical (unpaired) electrons. The molecule has 1 unspecified atom stereocenters. The summed E-state index contributed by atoms with van der Waals surface area (Å²) in [5.74, 6) is 0.714. The molecule has 0 amide bonds. The van der Waals surface area contributed by atoms with Gasteiger partial charge in [0.25, 0.3) is 0 Å². The van der Waals surface area contributed by atoms with Crippen molar-refractivity contribution < 1.29 is 9.84 Å². The van der Waals surface area contributed by atoms with Crippen LogP contribution in [-0.4, -0.2) is 16.4 Å². The van der Waals surface area contributed by atoms with Gasteiger partial charge in [-0.05, 0) is 18.6 Å². The predicted molar refractivity (Wildman–Crippen MR) is 39.2 cm³/mol. The Kier molecular flexibility index (Phi) is 1.51. The molecule has 3 nitrogen and oxygen atoms in total. The maximum absolute atomic E-state index is 9.11. The highest BCUT2D eigenvalue weighted by Crippen LogP contribution is 2.23. The van der Waals surface area contributed by atoms with Gasteiger partial charge in [-0.3, -0.25) is 4.98 Å². The number of fused-ring (bicyclic) bond motifs is 1. The van der Waals surface area contributed by atoms with Gasteiger partial charge in [0, 0.05) is 12.6 Å². The minimum Gasteiger partial charge on any atom is -0.463 e. The van der Waals surface area contributed by atoms with Gasteiger partial charge in [-0.2, -0.15) is 0 Å². The number of hydrogen-bond donors (Lipinski definition) is 1. The normalized spacial score (nSPS) is 22.1. The Labute approximate surface area is 64.6 Å². The molecule has 11 heavy (non-hydrogen) atoms. The molecular formula is C8H9NO2. The summed E-state index contributed by atoms with van der Waals surface area (Å²) in [4.78, 5) is 4.12. The molecular weight excluding hydrogens is 142 g/mol. The van der Waals surface area contributed by atoms with Crippen molar-refractivity contribution in [3.63, 3.8) is 0 Å². The molecule has 0 aromatic carbocycles. The minimum atomic E-state index is -0.647. The zero-order valence-electron chi connectivity index (χ0n) is 6.03. The van der Waals surface area contributed by atoms with Crippen LogP contribution in [0.1, 0.15) is 12.1 Å². The molecule has 0 aliphatic carbocycles. The second-order valence-corrected chi connectivity index (χ2v) is 2.56. The first-order chi connectivity index (χ1) is 5.36. The Morgan fingerprint density at radius 3 is 3.45 bits per heavy atom. The van der Waals surface area contributed by atoms with E-state index in [4.69, 9.17) is 9.84 Å². The summed E-state index contributed by atoms with van der Waals surface area (Å²) < 4.78 is 5.12. The van der Waals surface area contributed by atoms with Gasteiger partial charge in [-0.15, -0.1) is 0 Å². The molecule has 0 spiro atoms. The molecule has 2 heterocycles. The van der Waals surface area contributed by atoms with Crippen LogP contribution in [-0.2, 0) is 6.42 Å². The third-order valence-corrected chi connectivity index (χ3v) is 1.74. The molecule has 1 atom stereocenters. The summed E-state index contributed by atoms with van der Waals surface area (Å²) in [5, 5.41) is 9.11. The number of hydrogen-bond acceptors (Lipinski definition) is 3. The molecule has 1 aromatic rings. The van der Waals surface area contributed by atoms with Crippen molar-refractivity contribution in [1.82, 2.24) is 4.98 Å². The average molecular weight is 151 g/mol. The predicted octanol–water partition coefficient (Wildman–Crippen LogP) is 0.725. The van der Waals surface area contributed by atoms with Gasteiger partial charge >= 0.3 is 0 Å². The SMILES string of the molecule is OC1CCc2ncccc2O1. The quantitative estimate of drug-likeness (QED) is 0.594. The van der Waals surface area contributed by atoms with E-state index in [9.17, 15) is 0 Å². The van der Waals surface area contributed by atoms with Crippen molar-refractivity contribution in [3.8, 4) is 5.75 Å². The largest absolute Gasteiger partial charge is 0.463 e. The fourth-order valence-corrected chi connectivity index (χ4v) is 1.18. The van der Waals surface area contributed by atoms with Crippen molar-refractivity contribution in [2.24, 2.45) is 0 Å². The van der Waals surface area contributed by atoms with Crippen molar-refractivity contribution in [1.29, 1.82) is 0 Å². The van der Waals surface area contributed by atoms with Crippen molar-refractivity contribution in [2.45, 2.75) is 19.1 Å². The summed E-state index contributed by atoms with van der Waals surface area (Å²) in [5.41, 5.74) is 0.942. The second-order valence-electron chi connectivity index (χ2n) is 2.56. The first-order valence-electron chi connectivity index (χ1n) is 3.65. The number of pyridine rings is 1. The van der Waals surface area contributed by atoms with E-state index in [0.717, 1.165) is 12.1 Å². The number of aromatic nitrogens is 1. The van der Waals surface area contributed by atoms with Crippen LogP contribution in [0.2, 0.25) is 0 Å². The Morgan fingerprint density at radius 1 is 1.64 bits per heavy atom. The van der Waals surface area contributed by atoms with Crippen LogP contribution in [0, 0.1) is 0 Å². The summed E-state index contributed by atoms with van der Waals surface area (Å²) in [6.07, 6.45) is 2.54. The van der Waals surface area contributed by atoms with E-state index in [1.807, 2.05) is 6.07 Å². The van der Waals surface area contributed by atoms with Crippen LogP contribution in [0.5, 0.6) is 5.75 Å². The van der Waals surface area contributed by atoms with Crippen LogP contribution < -0.4 is 4.74 Å². The number of aryl methyl sites for hydroxylation is 1. The smallest absolute Gasteiger partial charge is 0.197 e. The molecule has 0 saturated heterocycles. The molecule has 0 fully saturated rings. The Hall–Kier alpha value is -1.09. The molecule has 0 saturated carbocycles. The Morgan fingerprint density at radius 2 is 2.55 bits per heavy atom. The van der Waals surface area contributed by atoms with Gasteiger partial charge in [0.2, 0.25) is 0 Å². The maximum atomic E-state index is 9.11. The van der Waals surface area contributed by atoms with Crippen LogP contribution in [0.4, 0.5) is 0 Å². The third kappa shape index (κ3) is 1.19. The van der Waals surface area contributed by atoms with Gasteiger partial charge in [-0.1, -0.05) is 0 Å². The lowest BCUT2D eigenvalue weighted by Crippen LogP contribution is -2.22. The monoisotopic (exact) mass is 151 g/mol. The van der Waals surface area contributed by atoms with Gasteiger partial charge in [0.05, 0.1) is 5.69 Å². The lowest BCUT2D eigenvalue weighted by Gasteiger charge is -2.20. The summed E-state index contributed by atoms with van der Waals surface area (Å²) in [7, 11) is 0. The fraction of sp³-hybridized carbons (Fsp3) is 0.375. The van der Waals surface area contributed by atoms with E-state index >= 15 is 0 Å². The fourth-order valence-electron chi connectivity index (χ4n) is 1.18. The van der Waals surface area contributed by atoms with Crippen molar-refractivity contribution in [2.75, 3.05) is 0 Å². The Balaban J connectivity index is 2.34. The van der Waals surface area contributed by atoms with Gasteiger partial charge < -0.3 is 9.84 Å². The van der Waals surface area contributed by atoms with Crippen LogP contribution in [0.3, 0.4) is 0 Å². The molecule has 1 aromatic heterocycles. The van der Waals surface area contributed by atoms with Gasteiger partial charge in [0.15, 0.2) is 6.29 Å². The number of rotatable bonds is 0. The highest BCUT2D eigenvalue weighted by molar-refractivity contribution is 5.28. The molecule has 1 aliphatic heterocycles. The first kappa shape index (κ1) is 6.61. The summed E-state index contributed by atoms with van der Waals surface area (Å²) in [6, 6.07) is 3.63. The lowest BCUT2D eigenvalue weighted by molar-refractivity contribution is -0.0324. The number of nitrogens with zero attached hydrogens (tertiary/aromatic N) is 1.